The van der Waals surface area contributed by atoms with E-state index in [1.807, 2.05) is 0 Å². The van der Waals surface area contributed by atoms with Gasteiger partial charge in [0.1, 0.15) is 22.9 Å². The number of aromatic carboxylic acids is 1. The highest BCUT2D eigenvalue weighted by Gasteiger charge is 2.19. The van der Waals surface area contributed by atoms with Gasteiger partial charge >= 0.3 is 5.97 Å². The molecule has 0 aliphatic heterocycles. The lowest BCUT2D eigenvalue weighted by Crippen LogP contribution is -2.26. The van der Waals surface area contributed by atoms with Crippen LogP contribution >= 0.6 is 0 Å². The molecule has 5 nitrogen and oxygen atoms in total. The molecule has 0 spiro atoms. The molecule has 1 amide bonds. The Labute approximate surface area is 127 Å². The summed E-state index contributed by atoms with van der Waals surface area (Å²) in [4.78, 5) is 24.7. The normalized spacial score (nSPS) is 10.5. The number of halogens is 1. The van der Waals surface area contributed by atoms with Crippen LogP contribution in [-0.4, -0.2) is 28.9 Å². The van der Waals surface area contributed by atoms with Crippen LogP contribution in [0, 0.1) is 19.7 Å². The Kier molecular flexibility index (Phi) is 4.30. The molecule has 0 unspecified atom stereocenters. The highest BCUT2D eigenvalue weighted by molar-refractivity contribution is 5.95. The van der Waals surface area contributed by atoms with E-state index in [4.69, 9.17) is 9.52 Å². The van der Waals surface area contributed by atoms with E-state index < -0.39 is 11.8 Å². The number of amides is 1. The lowest BCUT2D eigenvalue weighted by Gasteiger charge is -2.17. The summed E-state index contributed by atoms with van der Waals surface area (Å²) in [6.07, 6.45) is 0. The predicted molar refractivity (Wildman–Crippen MR) is 77.3 cm³/mol. The SMILES string of the molecule is Cc1oc(CN(C)C(=O)c2cccc(F)c2C)cc1C(=O)O. The van der Waals surface area contributed by atoms with Crippen LogP contribution in [0.3, 0.4) is 0 Å². The number of aryl methyl sites for hydroxylation is 1. The summed E-state index contributed by atoms with van der Waals surface area (Å²) in [6, 6.07) is 5.71. The Balaban J connectivity index is 2.20. The predicted octanol–water partition coefficient (Wildman–Crippen LogP) is 3.01. The molecule has 116 valence electrons. The van der Waals surface area contributed by atoms with Crippen molar-refractivity contribution in [1.29, 1.82) is 0 Å². The minimum absolute atomic E-state index is 0.0674. The molecule has 0 bridgehead atoms. The monoisotopic (exact) mass is 305 g/mol. The maximum Gasteiger partial charge on any atom is 0.339 e. The first-order valence-electron chi connectivity index (χ1n) is 6.64. The first-order chi connectivity index (χ1) is 10.3. The van der Waals surface area contributed by atoms with Gasteiger partial charge < -0.3 is 14.4 Å². The zero-order chi connectivity index (χ0) is 16.4. The van der Waals surface area contributed by atoms with Gasteiger partial charge in [0.25, 0.3) is 5.91 Å². The standard InChI is InChI=1S/C16H16FNO4/c1-9-12(5-4-6-14(9)17)15(19)18(3)8-11-7-13(16(20)21)10(2)22-11/h4-7H,8H2,1-3H3,(H,20,21). The van der Waals surface area contributed by atoms with Crippen molar-refractivity contribution < 1.29 is 23.5 Å². The topological polar surface area (TPSA) is 70.8 Å². The summed E-state index contributed by atoms with van der Waals surface area (Å²) in [5, 5.41) is 8.99. The largest absolute Gasteiger partial charge is 0.478 e. The molecular formula is C16H16FNO4. The average molecular weight is 305 g/mol. The summed E-state index contributed by atoms with van der Waals surface area (Å²) in [5.74, 6) is -1.24. The Hall–Kier alpha value is -2.63. The zero-order valence-electron chi connectivity index (χ0n) is 12.5. The molecule has 0 aliphatic rings. The van der Waals surface area contributed by atoms with Gasteiger partial charge in [0.05, 0.1) is 6.54 Å². The van der Waals surface area contributed by atoms with Gasteiger partial charge in [-0.25, -0.2) is 9.18 Å². The van der Waals surface area contributed by atoms with Crippen molar-refractivity contribution >= 4 is 11.9 Å². The van der Waals surface area contributed by atoms with Gasteiger partial charge in [-0.05, 0) is 37.6 Å². The summed E-state index contributed by atoms with van der Waals surface area (Å²) in [7, 11) is 1.55. The summed E-state index contributed by atoms with van der Waals surface area (Å²) in [6.45, 7) is 3.18. The molecule has 22 heavy (non-hydrogen) atoms. The maximum atomic E-state index is 13.5. The quantitative estimate of drug-likeness (QED) is 0.942. The van der Waals surface area contributed by atoms with Crippen LogP contribution in [-0.2, 0) is 6.54 Å². The molecule has 2 rings (SSSR count). The van der Waals surface area contributed by atoms with Crippen LogP contribution in [0.5, 0.6) is 0 Å². The van der Waals surface area contributed by atoms with E-state index >= 15 is 0 Å². The van der Waals surface area contributed by atoms with E-state index in [0.29, 0.717) is 5.76 Å². The molecule has 1 aromatic heterocycles. The Morgan fingerprint density at radius 1 is 1.27 bits per heavy atom. The van der Waals surface area contributed by atoms with Crippen LogP contribution in [0.2, 0.25) is 0 Å². The number of hydrogen-bond acceptors (Lipinski definition) is 3. The molecule has 0 fully saturated rings. The average Bonchev–Trinajstić information content (AvgIpc) is 2.82. The van der Waals surface area contributed by atoms with Gasteiger partial charge in [0, 0.05) is 12.6 Å². The first kappa shape index (κ1) is 15.8. The van der Waals surface area contributed by atoms with Crippen molar-refractivity contribution in [3.05, 3.63) is 58.3 Å². The van der Waals surface area contributed by atoms with Crippen molar-refractivity contribution in [3.63, 3.8) is 0 Å². The van der Waals surface area contributed by atoms with Crippen LogP contribution in [0.25, 0.3) is 0 Å². The minimum Gasteiger partial charge on any atom is -0.478 e. The van der Waals surface area contributed by atoms with Crippen molar-refractivity contribution in [2.75, 3.05) is 7.05 Å². The Morgan fingerprint density at radius 2 is 1.95 bits per heavy atom. The number of furan rings is 1. The summed E-state index contributed by atoms with van der Waals surface area (Å²) in [5.41, 5.74) is 0.614. The number of carbonyl (C=O) groups excluding carboxylic acids is 1. The van der Waals surface area contributed by atoms with Crippen LogP contribution < -0.4 is 0 Å². The number of benzene rings is 1. The van der Waals surface area contributed by atoms with E-state index in [0.717, 1.165) is 0 Å². The Bertz CT molecular complexity index is 736. The van der Waals surface area contributed by atoms with E-state index in [2.05, 4.69) is 0 Å². The molecule has 0 radical (unpaired) electrons. The fraction of sp³-hybridized carbons (Fsp3) is 0.250. The van der Waals surface area contributed by atoms with Gasteiger partial charge in [-0.3, -0.25) is 4.79 Å². The van der Waals surface area contributed by atoms with Crippen molar-refractivity contribution in [3.8, 4) is 0 Å². The maximum absolute atomic E-state index is 13.5. The number of carbonyl (C=O) groups is 2. The number of nitrogens with zero attached hydrogens (tertiary/aromatic N) is 1. The molecule has 1 N–H and O–H groups in total. The Morgan fingerprint density at radius 3 is 2.55 bits per heavy atom. The smallest absolute Gasteiger partial charge is 0.339 e. The lowest BCUT2D eigenvalue weighted by atomic mass is 10.1. The van der Waals surface area contributed by atoms with E-state index in [-0.39, 0.29) is 34.9 Å². The summed E-state index contributed by atoms with van der Waals surface area (Å²) < 4.78 is 18.9. The highest BCUT2D eigenvalue weighted by Crippen LogP contribution is 2.18. The van der Waals surface area contributed by atoms with Gasteiger partial charge in [0.2, 0.25) is 0 Å². The van der Waals surface area contributed by atoms with E-state index in [1.165, 1.54) is 30.0 Å². The number of hydrogen-bond donors (Lipinski definition) is 1. The van der Waals surface area contributed by atoms with E-state index in [1.54, 1.807) is 20.0 Å². The fourth-order valence-corrected chi connectivity index (χ4v) is 2.18. The second kappa shape index (κ2) is 6.01. The van der Waals surface area contributed by atoms with Crippen molar-refractivity contribution in [2.45, 2.75) is 20.4 Å². The molecule has 6 heteroatoms. The van der Waals surface area contributed by atoms with Crippen molar-refractivity contribution in [1.82, 2.24) is 4.90 Å². The van der Waals surface area contributed by atoms with E-state index in [9.17, 15) is 14.0 Å². The lowest BCUT2D eigenvalue weighted by molar-refractivity contribution is 0.0694. The van der Waals surface area contributed by atoms with Gasteiger partial charge in [0.15, 0.2) is 0 Å². The third-order valence-electron chi connectivity index (χ3n) is 3.44. The van der Waals surface area contributed by atoms with Crippen LogP contribution in [0.15, 0.2) is 28.7 Å². The molecule has 0 saturated heterocycles. The summed E-state index contributed by atoms with van der Waals surface area (Å²) >= 11 is 0. The molecule has 0 atom stereocenters. The van der Waals surface area contributed by atoms with Crippen LogP contribution in [0.4, 0.5) is 4.39 Å². The molecule has 2 aromatic rings. The number of carboxylic acid groups (broad SMARTS) is 1. The number of rotatable bonds is 4. The third-order valence-corrected chi connectivity index (χ3v) is 3.44. The molecule has 0 aliphatic carbocycles. The van der Waals surface area contributed by atoms with Crippen molar-refractivity contribution in [2.24, 2.45) is 0 Å². The second-order valence-corrected chi connectivity index (χ2v) is 5.06. The molecular weight excluding hydrogens is 289 g/mol. The first-order valence-corrected chi connectivity index (χ1v) is 6.64. The van der Waals surface area contributed by atoms with Gasteiger partial charge in [-0.2, -0.15) is 0 Å². The molecule has 1 aromatic carbocycles. The minimum atomic E-state index is -1.08. The van der Waals surface area contributed by atoms with Gasteiger partial charge in [-0.15, -0.1) is 0 Å². The second-order valence-electron chi connectivity index (χ2n) is 5.06. The van der Waals surface area contributed by atoms with Gasteiger partial charge in [-0.1, -0.05) is 6.07 Å². The fourth-order valence-electron chi connectivity index (χ4n) is 2.18. The zero-order valence-corrected chi connectivity index (χ0v) is 12.5. The van der Waals surface area contributed by atoms with Crippen LogP contribution in [0.1, 0.15) is 37.8 Å². The third kappa shape index (κ3) is 3.00. The number of carboxylic acids is 1. The highest BCUT2D eigenvalue weighted by atomic mass is 19.1. The molecule has 1 heterocycles. The molecule has 0 saturated carbocycles.